The van der Waals surface area contributed by atoms with Crippen LogP contribution in [0, 0.1) is 9.39 Å². The van der Waals surface area contributed by atoms with Gasteiger partial charge in [0.15, 0.2) is 0 Å². The molecule has 0 atom stereocenters. The van der Waals surface area contributed by atoms with Crippen LogP contribution >= 0.6 is 45.8 Å². The van der Waals surface area contributed by atoms with Crippen LogP contribution in [0.1, 0.15) is 0 Å². The topological polar surface area (TPSA) is 43.8 Å². The van der Waals surface area contributed by atoms with Crippen LogP contribution < -0.4 is 5.73 Å². The molecule has 2 aromatic carbocycles. The van der Waals surface area contributed by atoms with Crippen LogP contribution in [0.5, 0.6) is 0 Å². The number of aromatic nitrogens is 2. The first-order valence-electron chi connectivity index (χ1n) is 5.56. The predicted octanol–water partition coefficient (Wildman–Crippen LogP) is 4.66. The number of benzene rings is 2. The van der Waals surface area contributed by atoms with Crippen molar-refractivity contribution in [1.82, 2.24) is 9.55 Å². The van der Waals surface area contributed by atoms with Crippen molar-refractivity contribution in [2.24, 2.45) is 0 Å². The standard InChI is InChI=1S/C13H7Cl2FIN3/c14-7-4-10-12(5-9(7)16)20(13(18)19-10)11-2-1-6(17)3-8(11)15/h1-5H,(H2,18,19). The molecule has 102 valence electrons. The monoisotopic (exact) mass is 421 g/mol. The van der Waals surface area contributed by atoms with Gasteiger partial charge in [-0.3, -0.25) is 4.57 Å². The molecule has 0 amide bonds. The molecule has 7 heteroatoms. The SMILES string of the molecule is Nc1nc2cc(Cl)c(F)cc2n1-c1ccc(I)cc1Cl. The Kier molecular flexibility index (Phi) is 3.51. The van der Waals surface area contributed by atoms with Gasteiger partial charge in [-0.1, -0.05) is 23.2 Å². The largest absolute Gasteiger partial charge is 0.369 e. The van der Waals surface area contributed by atoms with Crippen molar-refractivity contribution in [3.05, 3.63) is 49.8 Å². The quantitative estimate of drug-likeness (QED) is 0.581. The number of nitrogens with two attached hydrogens (primary N) is 1. The van der Waals surface area contributed by atoms with Gasteiger partial charge in [0.1, 0.15) is 5.82 Å². The Morgan fingerprint density at radius 3 is 2.60 bits per heavy atom. The Morgan fingerprint density at radius 1 is 1.15 bits per heavy atom. The molecule has 3 rings (SSSR count). The molecule has 0 fully saturated rings. The maximum absolute atomic E-state index is 13.7. The maximum atomic E-state index is 13.7. The minimum Gasteiger partial charge on any atom is -0.369 e. The van der Waals surface area contributed by atoms with E-state index >= 15 is 0 Å². The van der Waals surface area contributed by atoms with Crippen molar-refractivity contribution in [3.8, 4) is 5.69 Å². The summed E-state index contributed by atoms with van der Waals surface area (Å²) < 4.78 is 16.3. The lowest BCUT2D eigenvalue weighted by molar-refractivity contribution is 0.629. The van der Waals surface area contributed by atoms with Crippen LogP contribution in [0.2, 0.25) is 10.0 Å². The summed E-state index contributed by atoms with van der Waals surface area (Å²) in [4.78, 5) is 4.18. The van der Waals surface area contributed by atoms with Gasteiger partial charge < -0.3 is 5.73 Å². The Labute approximate surface area is 137 Å². The third-order valence-corrected chi connectivity index (χ3v) is 4.14. The molecular weight excluding hydrogens is 415 g/mol. The number of nitrogens with zero attached hydrogens (tertiary/aromatic N) is 2. The zero-order chi connectivity index (χ0) is 14.4. The number of hydrogen-bond donors (Lipinski definition) is 1. The van der Waals surface area contributed by atoms with E-state index in [1.807, 2.05) is 12.1 Å². The molecule has 3 nitrogen and oxygen atoms in total. The smallest absolute Gasteiger partial charge is 0.205 e. The molecule has 1 aromatic heterocycles. The molecule has 0 saturated heterocycles. The van der Waals surface area contributed by atoms with Crippen molar-refractivity contribution in [1.29, 1.82) is 0 Å². The van der Waals surface area contributed by atoms with Crippen molar-refractivity contribution in [2.75, 3.05) is 5.73 Å². The van der Waals surface area contributed by atoms with E-state index in [0.717, 1.165) is 3.57 Å². The molecule has 3 aromatic rings. The van der Waals surface area contributed by atoms with E-state index in [1.165, 1.54) is 12.1 Å². The lowest BCUT2D eigenvalue weighted by Gasteiger charge is -2.09. The van der Waals surface area contributed by atoms with Crippen molar-refractivity contribution in [3.63, 3.8) is 0 Å². The number of nitrogen functional groups attached to an aromatic ring is 1. The first kappa shape index (κ1) is 13.9. The fourth-order valence-electron chi connectivity index (χ4n) is 2.01. The average Bonchev–Trinajstić information content (AvgIpc) is 2.66. The zero-order valence-corrected chi connectivity index (χ0v) is 13.5. The normalized spacial score (nSPS) is 11.2. The van der Waals surface area contributed by atoms with Gasteiger partial charge in [0.2, 0.25) is 5.95 Å². The van der Waals surface area contributed by atoms with Crippen LogP contribution in [0.15, 0.2) is 30.3 Å². The van der Waals surface area contributed by atoms with Gasteiger partial charge in [-0.15, -0.1) is 0 Å². The molecule has 0 radical (unpaired) electrons. The van der Waals surface area contributed by atoms with Crippen LogP contribution in [0.4, 0.5) is 10.3 Å². The van der Waals surface area contributed by atoms with Gasteiger partial charge in [-0.2, -0.15) is 0 Å². The highest BCUT2D eigenvalue weighted by Crippen LogP contribution is 2.31. The van der Waals surface area contributed by atoms with Crippen LogP contribution in [-0.2, 0) is 0 Å². The molecule has 2 N–H and O–H groups in total. The minimum absolute atomic E-state index is 0.0101. The molecule has 0 saturated carbocycles. The summed E-state index contributed by atoms with van der Waals surface area (Å²) in [5.41, 5.74) is 7.60. The van der Waals surface area contributed by atoms with Gasteiger partial charge in [-0.25, -0.2) is 9.37 Å². The molecule has 0 aliphatic carbocycles. The Hall–Kier alpha value is -1.05. The molecule has 20 heavy (non-hydrogen) atoms. The molecule has 1 heterocycles. The minimum atomic E-state index is -0.526. The summed E-state index contributed by atoms with van der Waals surface area (Å²) in [6.45, 7) is 0. The number of halogens is 4. The van der Waals surface area contributed by atoms with Crippen molar-refractivity contribution in [2.45, 2.75) is 0 Å². The van der Waals surface area contributed by atoms with Crippen LogP contribution in [-0.4, -0.2) is 9.55 Å². The number of imidazole rings is 1. The van der Waals surface area contributed by atoms with Crippen molar-refractivity contribution >= 4 is 62.8 Å². The number of rotatable bonds is 1. The number of fused-ring (bicyclic) bond motifs is 1. The van der Waals surface area contributed by atoms with E-state index in [0.29, 0.717) is 21.7 Å². The average molecular weight is 422 g/mol. The van der Waals surface area contributed by atoms with Gasteiger partial charge in [0, 0.05) is 9.64 Å². The van der Waals surface area contributed by atoms with Crippen LogP contribution in [0.3, 0.4) is 0 Å². The van der Waals surface area contributed by atoms with Crippen molar-refractivity contribution < 1.29 is 4.39 Å². The lowest BCUT2D eigenvalue weighted by Crippen LogP contribution is -2.01. The van der Waals surface area contributed by atoms with E-state index in [2.05, 4.69) is 27.6 Å². The van der Waals surface area contributed by atoms with E-state index in [9.17, 15) is 4.39 Å². The van der Waals surface area contributed by atoms with E-state index in [-0.39, 0.29) is 11.0 Å². The Morgan fingerprint density at radius 2 is 1.90 bits per heavy atom. The molecule has 0 bridgehead atoms. The first-order valence-corrected chi connectivity index (χ1v) is 7.39. The fourth-order valence-corrected chi connectivity index (χ4v) is 3.11. The Balaban J connectivity index is 2.35. The molecule has 0 aliphatic heterocycles. The number of hydrogen-bond acceptors (Lipinski definition) is 2. The second-order valence-electron chi connectivity index (χ2n) is 4.16. The lowest BCUT2D eigenvalue weighted by atomic mass is 10.2. The summed E-state index contributed by atoms with van der Waals surface area (Å²) >= 11 is 14.1. The number of anilines is 1. The molecule has 0 aliphatic rings. The highest BCUT2D eigenvalue weighted by atomic mass is 127. The highest BCUT2D eigenvalue weighted by molar-refractivity contribution is 14.1. The van der Waals surface area contributed by atoms with Crippen LogP contribution in [0.25, 0.3) is 16.7 Å². The maximum Gasteiger partial charge on any atom is 0.205 e. The predicted molar refractivity (Wildman–Crippen MR) is 88.2 cm³/mol. The van der Waals surface area contributed by atoms with Gasteiger partial charge in [0.25, 0.3) is 0 Å². The summed E-state index contributed by atoms with van der Waals surface area (Å²) in [5, 5.41) is 0.522. The highest BCUT2D eigenvalue weighted by Gasteiger charge is 2.15. The van der Waals surface area contributed by atoms with Gasteiger partial charge in [-0.05, 0) is 46.9 Å². The van der Waals surface area contributed by atoms with E-state index in [1.54, 1.807) is 10.6 Å². The summed E-state index contributed by atoms with van der Waals surface area (Å²) in [7, 11) is 0. The Bertz CT molecular complexity index is 832. The summed E-state index contributed by atoms with van der Waals surface area (Å²) in [5.74, 6) is -0.299. The first-order chi connectivity index (χ1) is 9.47. The fraction of sp³-hybridized carbons (Fsp3) is 0. The van der Waals surface area contributed by atoms with Gasteiger partial charge in [0.05, 0.1) is 26.8 Å². The third kappa shape index (κ3) is 2.23. The second kappa shape index (κ2) is 5.05. The van der Waals surface area contributed by atoms with E-state index < -0.39 is 5.82 Å². The zero-order valence-electron chi connectivity index (χ0n) is 9.87. The second-order valence-corrected chi connectivity index (χ2v) is 6.22. The molecule has 0 unspecified atom stereocenters. The summed E-state index contributed by atoms with van der Waals surface area (Å²) in [6.07, 6.45) is 0. The molecule has 0 spiro atoms. The van der Waals surface area contributed by atoms with E-state index in [4.69, 9.17) is 28.9 Å². The summed E-state index contributed by atoms with van der Waals surface area (Å²) in [6, 6.07) is 8.25. The van der Waals surface area contributed by atoms with Gasteiger partial charge >= 0.3 is 0 Å². The third-order valence-electron chi connectivity index (χ3n) is 2.87. The molecular formula is C13H7Cl2FIN3.